The van der Waals surface area contributed by atoms with E-state index in [4.69, 9.17) is 19.2 Å². The van der Waals surface area contributed by atoms with Gasteiger partial charge in [0, 0.05) is 2.85 Å². The van der Waals surface area contributed by atoms with E-state index in [2.05, 4.69) is 17.2 Å². The molecule has 0 atom stereocenters. The predicted octanol–water partition coefficient (Wildman–Crippen LogP) is -2.63. The number of rotatable bonds is 0. The second kappa shape index (κ2) is 63.2. The molecule has 11 N–H and O–H groups in total. The molecule has 0 aliphatic rings. The Morgan fingerprint density at radius 2 is 1.33 bits per heavy atom. The normalized spacial score (nSPS) is 3.67. The molecule has 0 spiro atoms. The Morgan fingerprint density at radius 1 is 1.33 bits per heavy atom. The van der Waals surface area contributed by atoms with Crippen LogP contribution < -0.4 is 23.4 Å². The van der Waals surface area contributed by atoms with Gasteiger partial charge in [-0.25, -0.2) is 4.79 Å². The number of primary amides is 3. The third kappa shape index (κ3) is 104. The van der Waals surface area contributed by atoms with Gasteiger partial charge in [-0.05, 0) is 0 Å². The van der Waals surface area contributed by atoms with Gasteiger partial charge in [-0.15, -0.1) is 0 Å². The number of hydrogen-bond acceptors (Lipinski definition) is 5. The lowest BCUT2D eigenvalue weighted by molar-refractivity contribution is -0.191. The van der Waals surface area contributed by atoms with E-state index >= 15 is 0 Å². The van der Waals surface area contributed by atoms with Crippen LogP contribution in [0.1, 0.15) is 2.85 Å². The van der Waals surface area contributed by atoms with Crippen LogP contribution >= 0.6 is 0 Å². The molecular weight excluding hydrogens is 172 g/mol. The largest absolute Gasteiger partial charge is 0.412 e. The first-order chi connectivity index (χ1) is 4.56. The van der Waals surface area contributed by atoms with Gasteiger partial charge in [0.25, 0.3) is 0 Å². The molecule has 0 unspecified atom stereocenters. The van der Waals surface area contributed by atoms with Crippen LogP contribution in [0.2, 0.25) is 0 Å². The minimum Gasteiger partial charge on any atom is -0.412 e. The molecule has 0 bridgehead atoms. The van der Waals surface area contributed by atoms with Gasteiger partial charge in [0.2, 0.25) is 6.41 Å². The second-order valence-corrected chi connectivity index (χ2v) is 0.622. The van der Waals surface area contributed by atoms with Gasteiger partial charge in [-0.2, -0.15) is 9.59 Å². The van der Waals surface area contributed by atoms with Crippen molar-refractivity contribution in [1.82, 2.24) is 6.15 Å². The van der Waals surface area contributed by atoms with Crippen molar-refractivity contribution in [2.45, 2.75) is 0 Å². The van der Waals surface area contributed by atoms with Crippen LogP contribution in [-0.2, 0) is 14.4 Å². The molecule has 9 heteroatoms. The highest BCUT2D eigenvalue weighted by Crippen LogP contribution is 1.25. The maximum Gasteiger partial charge on any atom is 0.373 e. The van der Waals surface area contributed by atoms with Gasteiger partial charge in [0.15, 0.2) is 0 Å². The summed E-state index contributed by atoms with van der Waals surface area (Å²) in [7, 11) is 0. The smallest absolute Gasteiger partial charge is 0.373 e. The molecule has 0 aromatic carbocycles. The van der Waals surface area contributed by atoms with Crippen LogP contribution in [0, 0.1) is 0 Å². The number of amides is 3. The summed E-state index contributed by atoms with van der Waals surface area (Å²) >= 11 is 0. The highest BCUT2D eigenvalue weighted by molar-refractivity contribution is 5.69. The van der Waals surface area contributed by atoms with Crippen LogP contribution in [-0.4, -0.2) is 24.1 Å². The summed E-state index contributed by atoms with van der Waals surface area (Å²) in [4.78, 5) is 33.8. The fourth-order valence-corrected chi connectivity index (χ4v) is 0. The lowest BCUT2D eigenvalue weighted by Gasteiger charge is -1.62. The van der Waals surface area contributed by atoms with Crippen LogP contribution in [0.25, 0.3) is 0 Å². The van der Waals surface area contributed by atoms with Crippen molar-refractivity contribution in [2.24, 2.45) is 17.2 Å². The molecule has 0 aliphatic heterocycles. The Kier molecular flexibility index (Phi) is 170. The monoisotopic (exact) mass is 188 g/mol. The third-order valence-electron chi connectivity index (χ3n) is 0. The van der Waals surface area contributed by atoms with Crippen molar-refractivity contribution in [2.75, 3.05) is 0 Å². The number of carbonyl (C=O) groups is 2. The standard InChI is InChI=1S/CH4N2O.CH3NO.CO2.H3N.H2O.2H2/c2-1(3)4;2*2-1-3;;;;/h(H4,2,3,4);1H,(H2,2,3);;1H3;1H2;2*1H. The molecule has 0 aliphatic carbocycles. The first-order valence-corrected chi connectivity index (χ1v) is 1.76. The van der Waals surface area contributed by atoms with Crippen molar-refractivity contribution < 1.29 is 27.5 Å². The zero-order chi connectivity index (χ0) is 8.99. The fourth-order valence-electron chi connectivity index (χ4n) is 0. The molecule has 12 heavy (non-hydrogen) atoms. The van der Waals surface area contributed by atoms with Crippen molar-refractivity contribution in [3.05, 3.63) is 0 Å². The zero-order valence-electron chi connectivity index (χ0n) is 6.15. The third-order valence-corrected chi connectivity index (χ3v) is 0. The number of hydrogen-bond donors (Lipinski definition) is 4. The molecule has 78 valence electrons. The molecule has 9 nitrogen and oxygen atoms in total. The number of urea groups is 1. The van der Waals surface area contributed by atoms with Crippen LogP contribution in [0.4, 0.5) is 4.79 Å². The minimum absolute atomic E-state index is 0. The molecule has 0 saturated carbocycles. The lowest BCUT2D eigenvalue weighted by Crippen LogP contribution is -2.18. The van der Waals surface area contributed by atoms with Crippen molar-refractivity contribution >= 4 is 18.6 Å². The van der Waals surface area contributed by atoms with E-state index in [0.717, 1.165) is 0 Å². The van der Waals surface area contributed by atoms with E-state index < -0.39 is 6.03 Å². The lowest BCUT2D eigenvalue weighted by atomic mass is 11.2. The van der Waals surface area contributed by atoms with E-state index in [9.17, 15) is 0 Å². The number of nitrogens with two attached hydrogens (primary N) is 3. The maximum absolute atomic E-state index is 9.00. The Labute approximate surface area is 70.7 Å². The Hall–Kier alpha value is -1.96. The average Bonchev–Trinajstić information content (AvgIpc) is 1.65. The maximum atomic E-state index is 9.00. The summed E-state index contributed by atoms with van der Waals surface area (Å²) in [6, 6.07) is -0.833. The Balaban J connectivity index is -0.00000000929. The molecular formula is C3H16N4O5. The highest BCUT2D eigenvalue weighted by Gasteiger charge is 1.60. The minimum atomic E-state index is -0.833. The molecule has 0 radical (unpaired) electrons. The van der Waals surface area contributed by atoms with E-state index in [1.807, 2.05) is 0 Å². The van der Waals surface area contributed by atoms with E-state index in [1.54, 1.807) is 0 Å². The van der Waals surface area contributed by atoms with Crippen LogP contribution in [0.5, 0.6) is 0 Å². The molecule has 3 amide bonds. The summed E-state index contributed by atoms with van der Waals surface area (Å²) in [6.45, 7) is 0. The van der Waals surface area contributed by atoms with Crippen molar-refractivity contribution in [3.63, 3.8) is 0 Å². The molecule has 0 aromatic rings. The van der Waals surface area contributed by atoms with Gasteiger partial charge in [-0.1, -0.05) is 0 Å². The van der Waals surface area contributed by atoms with Gasteiger partial charge in [-0.3, -0.25) is 4.79 Å². The predicted molar refractivity (Wildman–Crippen MR) is 41.9 cm³/mol. The second-order valence-electron chi connectivity index (χ2n) is 0.622. The summed E-state index contributed by atoms with van der Waals surface area (Å²) in [5, 5.41) is 0. The Morgan fingerprint density at radius 3 is 1.33 bits per heavy atom. The fraction of sp³-hybridized carbons (Fsp3) is 0. The van der Waals surface area contributed by atoms with Crippen LogP contribution in [0.15, 0.2) is 0 Å². The highest BCUT2D eigenvalue weighted by atomic mass is 16.2. The molecule has 0 aromatic heterocycles. The zero-order valence-corrected chi connectivity index (χ0v) is 6.15. The summed E-state index contributed by atoms with van der Waals surface area (Å²) < 4.78 is 0. The quantitative estimate of drug-likeness (QED) is 0.299. The topological polar surface area (TPSA) is 213 Å². The van der Waals surface area contributed by atoms with Crippen molar-refractivity contribution in [1.29, 1.82) is 0 Å². The van der Waals surface area contributed by atoms with Gasteiger partial charge in [0.1, 0.15) is 0 Å². The summed E-state index contributed by atoms with van der Waals surface area (Å²) in [6.07, 6.45) is 0.500. The SMILES string of the molecule is N.NC(N)=O.NC=O.O.O=C=O.[HH].[HH]. The molecule has 0 rings (SSSR count). The van der Waals surface area contributed by atoms with Crippen LogP contribution in [0.3, 0.4) is 0 Å². The van der Waals surface area contributed by atoms with Gasteiger partial charge in [0.05, 0.1) is 0 Å². The molecule has 0 fully saturated rings. The average molecular weight is 188 g/mol. The van der Waals surface area contributed by atoms with E-state index in [0.29, 0.717) is 0 Å². The number of carbonyl (C=O) groups excluding carboxylic acids is 4. The summed E-state index contributed by atoms with van der Waals surface area (Å²) in [5.41, 5.74) is 12.7. The van der Waals surface area contributed by atoms with Crippen molar-refractivity contribution in [3.8, 4) is 0 Å². The van der Waals surface area contributed by atoms with E-state index in [1.165, 1.54) is 0 Å². The first-order valence-electron chi connectivity index (χ1n) is 1.76. The molecule has 0 heterocycles. The first kappa shape index (κ1) is 32.3. The summed E-state index contributed by atoms with van der Waals surface area (Å²) in [5.74, 6) is 0. The molecule has 0 saturated heterocycles. The van der Waals surface area contributed by atoms with E-state index in [-0.39, 0.29) is 27.0 Å². The van der Waals surface area contributed by atoms with Gasteiger partial charge >= 0.3 is 12.2 Å². The van der Waals surface area contributed by atoms with Gasteiger partial charge < -0.3 is 28.8 Å². The Bertz CT molecular complexity index is 124.